The number of hydrogen-bond acceptors (Lipinski definition) is 3. The van der Waals surface area contributed by atoms with Gasteiger partial charge in [-0.2, -0.15) is 0 Å². The molecule has 76 valence electrons. The van der Waals surface area contributed by atoms with Crippen molar-refractivity contribution in [1.29, 1.82) is 0 Å². The van der Waals surface area contributed by atoms with Gasteiger partial charge in [0.1, 0.15) is 0 Å². The monoisotopic (exact) mass is 196 g/mol. The van der Waals surface area contributed by atoms with Crippen LogP contribution in [0.1, 0.15) is 34.6 Å². The maximum atomic E-state index is 10.0. The third-order valence-electron chi connectivity index (χ3n) is 1.63. The first-order valence-corrected chi connectivity index (χ1v) is 6.14. The van der Waals surface area contributed by atoms with Crippen molar-refractivity contribution < 1.29 is 13.9 Å². The normalized spacial score (nSPS) is 14.8. The third kappa shape index (κ3) is 2.98. The Hall–Kier alpha value is 0.310. The second-order valence-electron chi connectivity index (χ2n) is 3.70. The van der Waals surface area contributed by atoms with Gasteiger partial charge in [-0.15, -0.1) is 0 Å². The average molecular weight is 196 g/mol. The molecule has 0 aliphatic carbocycles. The minimum atomic E-state index is -2.95. The van der Waals surface area contributed by atoms with Crippen molar-refractivity contribution in [1.82, 2.24) is 0 Å². The molecule has 0 aromatic carbocycles. The Morgan fingerprint density at radius 1 is 1.08 bits per heavy atom. The van der Waals surface area contributed by atoms with Crippen LogP contribution in [0.25, 0.3) is 0 Å². The van der Waals surface area contributed by atoms with Crippen molar-refractivity contribution in [3.63, 3.8) is 0 Å². The molecule has 4 heteroatoms. The molecular formula is C8H21O3P. The fourth-order valence-corrected chi connectivity index (χ4v) is 2.60. The SMILES string of the molecule is CCO[PH](O)(OCC)C(C)(C)C. The molecule has 0 aliphatic rings. The average Bonchev–Trinajstić information content (AvgIpc) is 1.86. The van der Waals surface area contributed by atoms with Crippen LogP contribution in [0.2, 0.25) is 0 Å². The first-order valence-electron chi connectivity index (χ1n) is 4.37. The molecule has 0 fully saturated rings. The molecule has 0 rings (SSSR count). The van der Waals surface area contributed by atoms with Crippen LogP contribution < -0.4 is 0 Å². The van der Waals surface area contributed by atoms with Crippen LogP contribution in [0.3, 0.4) is 0 Å². The summed E-state index contributed by atoms with van der Waals surface area (Å²) in [6.45, 7) is 10.5. The molecule has 0 radical (unpaired) electrons. The second kappa shape index (κ2) is 4.52. The summed E-state index contributed by atoms with van der Waals surface area (Å²) in [5.41, 5.74) is 0. The number of rotatable bonds is 4. The fraction of sp³-hybridized carbons (Fsp3) is 1.00. The second-order valence-corrected chi connectivity index (χ2v) is 6.94. The molecule has 0 aliphatic heterocycles. The summed E-state index contributed by atoms with van der Waals surface area (Å²) in [4.78, 5) is 10.0. The van der Waals surface area contributed by atoms with E-state index in [4.69, 9.17) is 9.05 Å². The van der Waals surface area contributed by atoms with Crippen molar-refractivity contribution in [3.05, 3.63) is 0 Å². The van der Waals surface area contributed by atoms with Crippen molar-refractivity contribution in [2.24, 2.45) is 0 Å². The zero-order valence-corrected chi connectivity index (χ0v) is 9.68. The van der Waals surface area contributed by atoms with Crippen molar-refractivity contribution in [3.8, 4) is 0 Å². The summed E-state index contributed by atoms with van der Waals surface area (Å²) in [7, 11) is -2.95. The predicted octanol–water partition coefficient (Wildman–Crippen LogP) is 2.35. The first-order chi connectivity index (χ1) is 5.37. The van der Waals surface area contributed by atoms with Crippen LogP contribution in [-0.2, 0) is 9.05 Å². The van der Waals surface area contributed by atoms with Gasteiger partial charge in [-0.3, -0.25) is 0 Å². The van der Waals surface area contributed by atoms with Crippen LogP contribution in [0.15, 0.2) is 0 Å². The van der Waals surface area contributed by atoms with E-state index in [1.54, 1.807) is 0 Å². The summed E-state index contributed by atoms with van der Waals surface area (Å²) in [6, 6.07) is 0. The van der Waals surface area contributed by atoms with Crippen molar-refractivity contribution in [2.45, 2.75) is 39.8 Å². The molecule has 0 heterocycles. The van der Waals surface area contributed by atoms with Crippen LogP contribution in [0.4, 0.5) is 0 Å². The summed E-state index contributed by atoms with van der Waals surface area (Å²) < 4.78 is 10.6. The first kappa shape index (κ1) is 12.3. The van der Waals surface area contributed by atoms with Gasteiger partial charge < -0.3 is 0 Å². The quantitative estimate of drug-likeness (QED) is 0.701. The summed E-state index contributed by atoms with van der Waals surface area (Å²) in [6.07, 6.45) is 0. The molecule has 1 N–H and O–H groups in total. The van der Waals surface area contributed by atoms with Gasteiger partial charge in [0, 0.05) is 0 Å². The van der Waals surface area contributed by atoms with Gasteiger partial charge >= 0.3 is 74.9 Å². The van der Waals surface area contributed by atoms with E-state index in [-0.39, 0.29) is 5.16 Å². The Balaban J connectivity index is 4.38. The van der Waals surface area contributed by atoms with E-state index in [0.29, 0.717) is 13.2 Å². The molecule has 0 unspecified atom stereocenters. The van der Waals surface area contributed by atoms with E-state index in [2.05, 4.69) is 0 Å². The Labute approximate surface area is 75.7 Å². The van der Waals surface area contributed by atoms with E-state index in [1.165, 1.54) is 0 Å². The van der Waals surface area contributed by atoms with Gasteiger partial charge in [-0.1, -0.05) is 0 Å². The van der Waals surface area contributed by atoms with Crippen LogP contribution >= 0.6 is 7.94 Å². The predicted molar refractivity (Wildman–Crippen MR) is 53.5 cm³/mol. The molecular weight excluding hydrogens is 175 g/mol. The third-order valence-corrected chi connectivity index (χ3v) is 4.88. The summed E-state index contributed by atoms with van der Waals surface area (Å²) in [5.74, 6) is 0. The fourth-order valence-electron chi connectivity index (χ4n) is 0.866. The summed E-state index contributed by atoms with van der Waals surface area (Å²) >= 11 is 0. The van der Waals surface area contributed by atoms with E-state index >= 15 is 0 Å². The zero-order chi connectivity index (χ0) is 9.83. The minimum absolute atomic E-state index is 0.293. The standard InChI is InChI=1S/C8H21O3P/c1-6-10-12(9,11-7-2)8(3,4)5/h9,12H,6-7H2,1-5H3. The van der Waals surface area contributed by atoms with Gasteiger partial charge in [0.2, 0.25) is 0 Å². The molecule has 0 aromatic heterocycles. The molecule has 0 atom stereocenters. The Kier molecular flexibility index (Phi) is 4.64. The Morgan fingerprint density at radius 2 is 1.42 bits per heavy atom. The van der Waals surface area contributed by atoms with Gasteiger partial charge in [-0.05, 0) is 0 Å². The number of hydrogen-bond donors (Lipinski definition) is 1. The molecule has 0 saturated carbocycles. The maximum absolute atomic E-state index is 10.0. The van der Waals surface area contributed by atoms with Gasteiger partial charge in [-0.25, -0.2) is 0 Å². The van der Waals surface area contributed by atoms with Gasteiger partial charge in [0.05, 0.1) is 0 Å². The Morgan fingerprint density at radius 3 is 1.58 bits per heavy atom. The van der Waals surface area contributed by atoms with Crippen LogP contribution in [-0.4, -0.2) is 23.3 Å². The molecule has 0 amide bonds. The van der Waals surface area contributed by atoms with E-state index in [1.807, 2.05) is 34.6 Å². The Bertz CT molecular complexity index is 125. The molecule has 12 heavy (non-hydrogen) atoms. The van der Waals surface area contributed by atoms with Crippen LogP contribution in [0, 0.1) is 0 Å². The summed E-state index contributed by atoms with van der Waals surface area (Å²) in [5, 5.41) is -0.293. The van der Waals surface area contributed by atoms with E-state index < -0.39 is 7.94 Å². The molecule has 0 bridgehead atoms. The molecule has 0 aromatic rings. The van der Waals surface area contributed by atoms with Crippen molar-refractivity contribution >= 4 is 7.94 Å². The van der Waals surface area contributed by atoms with Gasteiger partial charge in [0.15, 0.2) is 0 Å². The van der Waals surface area contributed by atoms with E-state index in [0.717, 1.165) is 0 Å². The van der Waals surface area contributed by atoms with Gasteiger partial charge in [0.25, 0.3) is 0 Å². The van der Waals surface area contributed by atoms with Crippen LogP contribution in [0.5, 0.6) is 0 Å². The molecule has 0 saturated heterocycles. The van der Waals surface area contributed by atoms with Crippen molar-refractivity contribution in [2.75, 3.05) is 13.2 Å². The zero-order valence-electron chi connectivity index (χ0n) is 8.68. The molecule has 3 nitrogen and oxygen atoms in total. The topological polar surface area (TPSA) is 38.7 Å². The molecule has 0 spiro atoms. The van der Waals surface area contributed by atoms with E-state index in [9.17, 15) is 4.89 Å².